The van der Waals surface area contributed by atoms with Gasteiger partial charge in [0, 0.05) is 12.4 Å². The minimum Gasteiger partial charge on any atom is -0.319 e. The van der Waals surface area contributed by atoms with Crippen LogP contribution in [-0.4, -0.2) is 19.6 Å². The van der Waals surface area contributed by atoms with Crippen molar-refractivity contribution in [3.63, 3.8) is 0 Å². The summed E-state index contributed by atoms with van der Waals surface area (Å²) >= 11 is 0. The Balaban J connectivity index is 1.94. The summed E-state index contributed by atoms with van der Waals surface area (Å²) in [6.07, 6.45) is 9.26. The van der Waals surface area contributed by atoms with Crippen molar-refractivity contribution < 1.29 is 0 Å². The van der Waals surface area contributed by atoms with Gasteiger partial charge in [0.1, 0.15) is 0 Å². The Kier molecular flexibility index (Phi) is 2.78. The molecule has 1 fully saturated rings. The van der Waals surface area contributed by atoms with Gasteiger partial charge in [0.2, 0.25) is 0 Å². The standard InChI is InChI=1S/C13H19N5/c1-2-10-4-6-13(14,7-5-10)11-16-17-12-15-8-3-9-18(11)12/h3,8-10H,2,4-7,14H2,1H3. The molecule has 1 aliphatic rings. The van der Waals surface area contributed by atoms with E-state index >= 15 is 0 Å². The van der Waals surface area contributed by atoms with Crippen molar-refractivity contribution in [1.29, 1.82) is 0 Å². The monoisotopic (exact) mass is 245 g/mol. The van der Waals surface area contributed by atoms with E-state index in [9.17, 15) is 0 Å². The molecular formula is C13H19N5. The summed E-state index contributed by atoms with van der Waals surface area (Å²) in [4.78, 5) is 4.19. The predicted octanol–water partition coefficient (Wildman–Crippen LogP) is 1.88. The average molecular weight is 245 g/mol. The van der Waals surface area contributed by atoms with Crippen LogP contribution >= 0.6 is 0 Å². The molecule has 0 spiro atoms. The number of hydrogen-bond acceptors (Lipinski definition) is 4. The van der Waals surface area contributed by atoms with Gasteiger partial charge >= 0.3 is 0 Å². The van der Waals surface area contributed by atoms with Gasteiger partial charge in [-0.15, -0.1) is 10.2 Å². The Labute approximate surface area is 106 Å². The lowest BCUT2D eigenvalue weighted by molar-refractivity contribution is 0.220. The van der Waals surface area contributed by atoms with Crippen molar-refractivity contribution in [3.05, 3.63) is 24.3 Å². The molecule has 0 unspecified atom stereocenters. The Hall–Kier alpha value is -1.49. The van der Waals surface area contributed by atoms with Crippen LogP contribution in [0.2, 0.25) is 0 Å². The number of fused-ring (bicyclic) bond motifs is 1. The maximum absolute atomic E-state index is 6.56. The third-order valence-electron chi connectivity index (χ3n) is 4.21. The van der Waals surface area contributed by atoms with Gasteiger partial charge in [0.25, 0.3) is 5.78 Å². The minimum atomic E-state index is -0.339. The highest BCUT2D eigenvalue weighted by Gasteiger charge is 2.36. The van der Waals surface area contributed by atoms with Gasteiger partial charge in [-0.3, -0.25) is 4.40 Å². The molecule has 0 radical (unpaired) electrons. The Morgan fingerprint density at radius 2 is 2.17 bits per heavy atom. The fraction of sp³-hybridized carbons (Fsp3) is 0.615. The number of rotatable bonds is 2. The summed E-state index contributed by atoms with van der Waals surface area (Å²) in [6.45, 7) is 2.25. The van der Waals surface area contributed by atoms with Gasteiger partial charge in [-0.05, 0) is 37.7 Å². The maximum atomic E-state index is 6.56. The largest absolute Gasteiger partial charge is 0.319 e. The van der Waals surface area contributed by atoms with E-state index in [1.807, 2.05) is 16.7 Å². The lowest BCUT2D eigenvalue weighted by atomic mass is 9.76. The normalized spacial score (nSPS) is 28.7. The molecule has 0 aliphatic heterocycles. The van der Waals surface area contributed by atoms with Crippen molar-refractivity contribution in [2.75, 3.05) is 0 Å². The van der Waals surface area contributed by atoms with E-state index in [0.717, 1.165) is 24.6 Å². The molecule has 1 saturated carbocycles. The Morgan fingerprint density at radius 1 is 1.39 bits per heavy atom. The first-order chi connectivity index (χ1) is 8.73. The molecule has 18 heavy (non-hydrogen) atoms. The zero-order valence-electron chi connectivity index (χ0n) is 10.7. The zero-order chi connectivity index (χ0) is 12.6. The van der Waals surface area contributed by atoms with Gasteiger partial charge in [-0.2, -0.15) is 0 Å². The molecule has 0 amide bonds. The molecule has 5 nitrogen and oxygen atoms in total. The molecule has 0 atom stereocenters. The first-order valence-corrected chi connectivity index (χ1v) is 6.68. The SMILES string of the molecule is CCC1CCC(N)(c2nnc3ncccn23)CC1. The van der Waals surface area contributed by atoms with Crippen molar-refractivity contribution >= 4 is 5.78 Å². The van der Waals surface area contributed by atoms with Crippen LogP contribution in [0.25, 0.3) is 5.78 Å². The van der Waals surface area contributed by atoms with Crippen molar-refractivity contribution in [2.45, 2.75) is 44.6 Å². The molecule has 96 valence electrons. The smallest absolute Gasteiger partial charge is 0.255 e. The molecule has 2 N–H and O–H groups in total. The first-order valence-electron chi connectivity index (χ1n) is 6.68. The van der Waals surface area contributed by atoms with Crippen LogP contribution in [0.15, 0.2) is 18.5 Å². The van der Waals surface area contributed by atoms with Gasteiger partial charge < -0.3 is 5.73 Å². The highest BCUT2D eigenvalue weighted by atomic mass is 15.3. The highest BCUT2D eigenvalue weighted by Crippen LogP contribution is 2.37. The molecule has 2 heterocycles. The average Bonchev–Trinajstić information content (AvgIpc) is 2.84. The molecule has 0 aromatic carbocycles. The van der Waals surface area contributed by atoms with Crippen LogP contribution in [0.3, 0.4) is 0 Å². The molecule has 5 heteroatoms. The second-order valence-electron chi connectivity index (χ2n) is 5.32. The Morgan fingerprint density at radius 3 is 2.89 bits per heavy atom. The summed E-state index contributed by atoms with van der Waals surface area (Å²) in [5, 5.41) is 8.37. The van der Waals surface area contributed by atoms with Gasteiger partial charge in [-0.25, -0.2) is 4.98 Å². The number of hydrogen-bond donors (Lipinski definition) is 1. The zero-order valence-corrected chi connectivity index (χ0v) is 10.7. The van der Waals surface area contributed by atoms with E-state index in [1.165, 1.54) is 19.3 Å². The van der Waals surface area contributed by atoms with E-state index in [-0.39, 0.29) is 5.54 Å². The van der Waals surface area contributed by atoms with E-state index in [0.29, 0.717) is 5.78 Å². The topological polar surface area (TPSA) is 69.1 Å². The van der Waals surface area contributed by atoms with E-state index in [2.05, 4.69) is 22.1 Å². The summed E-state index contributed by atoms with van der Waals surface area (Å²) in [6, 6.07) is 1.89. The van der Waals surface area contributed by atoms with Crippen LogP contribution in [0.5, 0.6) is 0 Å². The molecule has 3 rings (SSSR count). The maximum Gasteiger partial charge on any atom is 0.255 e. The van der Waals surface area contributed by atoms with Gasteiger partial charge in [-0.1, -0.05) is 13.3 Å². The Bertz CT molecular complexity index is 539. The van der Waals surface area contributed by atoms with Crippen molar-refractivity contribution in [2.24, 2.45) is 11.7 Å². The highest BCUT2D eigenvalue weighted by molar-refractivity contribution is 5.29. The van der Waals surface area contributed by atoms with Crippen molar-refractivity contribution in [3.8, 4) is 0 Å². The molecular weight excluding hydrogens is 226 g/mol. The van der Waals surface area contributed by atoms with Gasteiger partial charge in [0.05, 0.1) is 5.54 Å². The van der Waals surface area contributed by atoms with Crippen LogP contribution in [0.4, 0.5) is 0 Å². The van der Waals surface area contributed by atoms with E-state index < -0.39 is 0 Å². The van der Waals surface area contributed by atoms with Gasteiger partial charge in [0.15, 0.2) is 5.82 Å². The number of aromatic nitrogens is 4. The summed E-state index contributed by atoms with van der Waals surface area (Å²) in [5.41, 5.74) is 6.22. The molecule has 2 aromatic rings. The second-order valence-corrected chi connectivity index (χ2v) is 5.32. The molecule has 0 bridgehead atoms. The van der Waals surface area contributed by atoms with Crippen molar-refractivity contribution in [1.82, 2.24) is 19.6 Å². The lowest BCUT2D eigenvalue weighted by Crippen LogP contribution is -2.42. The van der Waals surface area contributed by atoms with E-state index in [4.69, 9.17) is 5.73 Å². The van der Waals surface area contributed by atoms with E-state index in [1.54, 1.807) is 6.20 Å². The number of nitrogens with zero attached hydrogens (tertiary/aromatic N) is 4. The quantitative estimate of drug-likeness (QED) is 0.877. The van der Waals surface area contributed by atoms with Crippen LogP contribution in [0, 0.1) is 5.92 Å². The fourth-order valence-corrected chi connectivity index (χ4v) is 2.91. The minimum absolute atomic E-state index is 0.339. The fourth-order valence-electron chi connectivity index (χ4n) is 2.91. The summed E-state index contributed by atoms with van der Waals surface area (Å²) < 4.78 is 1.92. The third-order valence-corrected chi connectivity index (χ3v) is 4.21. The molecule has 2 aromatic heterocycles. The van der Waals surface area contributed by atoms with Crippen LogP contribution in [-0.2, 0) is 5.54 Å². The predicted molar refractivity (Wildman–Crippen MR) is 68.9 cm³/mol. The third kappa shape index (κ3) is 1.79. The summed E-state index contributed by atoms with van der Waals surface area (Å²) in [7, 11) is 0. The van der Waals surface area contributed by atoms with Crippen LogP contribution < -0.4 is 5.73 Å². The first kappa shape index (κ1) is 11.6. The molecule has 1 aliphatic carbocycles. The number of nitrogens with two attached hydrogens (primary N) is 1. The molecule has 0 saturated heterocycles. The summed E-state index contributed by atoms with van der Waals surface area (Å²) in [5.74, 6) is 2.31. The lowest BCUT2D eigenvalue weighted by Gasteiger charge is -2.35. The van der Waals surface area contributed by atoms with Crippen LogP contribution in [0.1, 0.15) is 44.9 Å². The second kappa shape index (κ2) is 4.31.